The Morgan fingerprint density at radius 3 is 2.58 bits per heavy atom. The Bertz CT molecular complexity index is 506. The van der Waals surface area contributed by atoms with Gasteiger partial charge in [-0.05, 0) is 12.1 Å². The highest BCUT2D eigenvalue weighted by molar-refractivity contribution is 8.14. The van der Waals surface area contributed by atoms with Crippen molar-refractivity contribution >= 4 is 34.6 Å². The molecule has 1 heterocycles. The Morgan fingerprint density at radius 2 is 2.05 bits per heavy atom. The van der Waals surface area contributed by atoms with E-state index in [0.717, 1.165) is 11.8 Å². The van der Waals surface area contributed by atoms with Gasteiger partial charge in [-0.1, -0.05) is 30.0 Å². The molecule has 2 rings (SSSR count). The van der Waals surface area contributed by atoms with Gasteiger partial charge in [0.1, 0.15) is 12.6 Å². The van der Waals surface area contributed by atoms with Crippen LogP contribution >= 0.6 is 11.8 Å². The first-order valence-corrected chi connectivity index (χ1v) is 6.58. The minimum atomic E-state index is -1.10. The van der Waals surface area contributed by atoms with Crippen LogP contribution in [0.25, 0.3) is 0 Å². The Kier molecular flexibility index (Phi) is 4.06. The fourth-order valence-corrected chi connectivity index (χ4v) is 2.51. The van der Waals surface area contributed by atoms with E-state index in [4.69, 9.17) is 5.11 Å². The average Bonchev–Trinajstić information content (AvgIpc) is 2.83. The summed E-state index contributed by atoms with van der Waals surface area (Å²) in [6, 6.07) is 7.87. The van der Waals surface area contributed by atoms with E-state index in [2.05, 4.69) is 5.32 Å². The molecule has 0 saturated carbocycles. The fraction of sp³-hybridized carbons (Fsp3) is 0.250. The molecule has 1 fully saturated rings. The number of carbonyl (C=O) groups is 3. The smallest absolute Gasteiger partial charge is 0.323 e. The van der Waals surface area contributed by atoms with Crippen molar-refractivity contribution in [3.63, 3.8) is 0 Å². The van der Waals surface area contributed by atoms with Crippen molar-refractivity contribution in [1.82, 2.24) is 5.32 Å². The van der Waals surface area contributed by atoms with Gasteiger partial charge in [0.15, 0.2) is 0 Å². The van der Waals surface area contributed by atoms with Crippen molar-refractivity contribution in [1.29, 1.82) is 0 Å². The van der Waals surface area contributed by atoms with E-state index in [0.29, 0.717) is 11.4 Å². The van der Waals surface area contributed by atoms with Gasteiger partial charge in [-0.3, -0.25) is 19.3 Å². The normalized spacial score (nSPS) is 17.9. The summed E-state index contributed by atoms with van der Waals surface area (Å²) in [6.45, 7) is -0.431. The molecule has 19 heavy (non-hydrogen) atoms. The Balaban J connectivity index is 2.20. The standard InChI is InChI=1S/C12H12N2O4S/c15-10(16)6-14(8-4-2-1-3-5-8)11(17)9-7-19-12(18)13-9/h1-5,9H,6-7H2,(H,13,18)(H,15,16). The number of nitrogens with one attached hydrogen (secondary N) is 1. The fourth-order valence-electron chi connectivity index (χ4n) is 1.75. The van der Waals surface area contributed by atoms with Gasteiger partial charge in [0.25, 0.3) is 11.1 Å². The number of carboxylic acid groups (broad SMARTS) is 1. The third kappa shape index (κ3) is 3.25. The van der Waals surface area contributed by atoms with Crippen molar-refractivity contribution < 1.29 is 19.5 Å². The predicted octanol–water partition coefficient (Wildman–Crippen LogP) is 0.929. The second-order valence-corrected chi connectivity index (χ2v) is 4.94. The molecule has 1 aliphatic heterocycles. The number of hydrogen-bond acceptors (Lipinski definition) is 4. The number of aliphatic carboxylic acids is 1. The minimum Gasteiger partial charge on any atom is -0.480 e. The van der Waals surface area contributed by atoms with Crippen LogP contribution in [0.2, 0.25) is 0 Å². The van der Waals surface area contributed by atoms with Gasteiger partial charge in [0.2, 0.25) is 0 Å². The molecule has 2 N–H and O–H groups in total. The van der Waals surface area contributed by atoms with Crippen LogP contribution in [0, 0.1) is 0 Å². The number of carboxylic acids is 1. The molecule has 100 valence electrons. The zero-order valence-corrected chi connectivity index (χ0v) is 10.7. The Hall–Kier alpha value is -2.02. The van der Waals surface area contributed by atoms with Gasteiger partial charge in [-0.25, -0.2) is 0 Å². The summed E-state index contributed by atoms with van der Waals surface area (Å²) in [6.07, 6.45) is 0. The molecule has 2 amide bonds. The third-order valence-corrected chi connectivity index (χ3v) is 3.48. The maximum atomic E-state index is 12.3. The van der Waals surface area contributed by atoms with Crippen molar-refractivity contribution in [3.05, 3.63) is 30.3 Å². The molecule has 1 aliphatic rings. The highest BCUT2D eigenvalue weighted by atomic mass is 32.2. The highest BCUT2D eigenvalue weighted by Gasteiger charge is 2.32. The maximum Gasteiger partial charge on any atom is 0.323 e. The van der Waals surface area contributed by atoms with Gasteiger partial charge >= 0.3 is 5.97 Å². The predicted molar refractivity (Wildman–Crippen MR) is 71.2 cm³/mol. The molecule has 6 nitrogen and oxygen atoms in total. The number of thioether (sulfide) groups is 1. The molecule has 0 spiro atoms. The number of nitrogens with zero attached hydrogens (tertiary/aromatic N) is 1. The summed E-state index contributed by atoms with van der Waals surface area (Å²) in [4.78, 5) is 35.4. The minimum absolute atomic E-state index is 0.262. The largest absolute Gasteiger partial charge is 0.480 e. The number of carbonyl (C=O) groups excluding carboxylic acids is 2. The van der Waals surface area contributed by atoms with Crippen LogP contribution in [0.15, 0.2) is 30.3 Å². The van der Waals surface area contributed by atoms with Crippen molar-refractivity contribution in [2.24, 2.45) is 0 Å². The molecular formula is C12H12N2O4S. The van der Waals surface area contributed by atoms with Crippen LogP contribution < -0.4 is 10.2 Å². The lowest BCUT2D eigenvalue weighted by atomic mass is 10.2. The SMILES string of the molecule is O=C(O)CN(C(=O)C1CSC(=O)N1)c1ccccc1. The molecular weight excluding hydrogens is 268 g/mol. The first-order chi connectivity index (χ1) is 9.08. The van der Waals surface area contributed by atoms with Crippen LogP contribution in [-0.4, -0.2) is 40.6 Å². The van der Waals surface area contributed by atoms with Gasteiger partial charge in [0.05, 0.1) is 0 Å². The summed E-state index contributed by atoms with van der Waals surface area (Å²) in [5, 5.41) is 11.2. The van der Waals surface area contributed by atoms with Gasteiger partial charge in [0, 0.05) is 11.4 Å². The molecule has 1 atom stereocenters. The van der Waals surface area contributed by atoms with E-state index in [1.54, 1.807) is 30.3 Å². The van der Waals surface area contributed by atoms with Crippen LogP contribution in [0.3, 0.4) is 0 Å². The lowest BCUT2D eigenvalue weighted by molar-refractivity contribution is -0.136. The second-order valence-electron chi connectivity index (χ2n) is 3.95. The van der Waals surface area contributed by atoms with E-state index >= 15 is 0 Å². The highest BCUT2D eigenvalue weighted by Crippen LogP contribution is 2.19. The van der Waals surface area contributed by atoms with E-state index < -0.39 is 24.5 Å². The maximum absolute atomic E-state index is 12.3. The molecule has 1 saturated heterocycles. The molecule has 1 aromatic rings. The number of rotatable bonds is 4. The molecule has 0 radical (unpaired) electrons. The van der Waals surface area contributed by atoms with E-state index in [1.807, 2.05) is 0 Å². The number of hydrogen-bond donors (Lipinski definition) is 2. The molecule has 0 aliphatic carbocycles. The number of para-hydroxylation sites is 1. The first kappa shape index (κ1) is 13.4. The van der Waals surface area contributed by atoms with Crippen molar-refractivity contribution in [2.75, 3.05) is 17.2 Å². The third-order valence-electron chi connectivity index (χ3n) is 2.60. The van der Waals surface area contributed by atoms with E-state index in [1.165, 1.54) is 4.90 Å². The summed E-state index contributed by atoms with van der Waals surface area (Å²) < 4.78 is 0. The van der Waals surface area contributed by atoms with Crippen LogP contribution in [-0.2, 0) is 9.59 Å². The summed E-state index contributed by atoms with van der Waals surface area (Å²) in [5.74, 6) is -1.19. The summed E-state index contributed by atoms with van der Waals surface area (Å²) >= 11 is 1.02. The number of amides is 2. The van der Waals surface area contributed by atoms with Crippen LogP contribution in [0.1, 0.15) is 0 Å². The zero-order chi connectivity index (χ0) is 13.8. The second kappa shape index (κ2) is 5.75. The average molecular weight is 280 g/mol. The van der Waals surface area contributed by atoms with Crippen molar-refractivity contribution in [2.45, 2.75) is 6.04 Å². The summed E-state index contributed by atoms with van der Waals surface area (Å²) in [7, 11) is 0. The molecule has 1 aromatic carbocycles. The topological polar surface area (TPSA) is 86.7 Å². The van der Waals surface area contributed by atoms with E-state index in [-0.39, 0.29) is 5.24 Å². The number of anilines is 1. The molecule has 0 aromatic heterocycles. The zero-order valence-electron chi connectivity index (χ0n) is 9.91. The monoisotopic (exact) mass is 280 g/mol. The van der Waals surface area contributed by atoms with Crippen LogP contribution in [0.4, 0.5) is 10.5 Å². The van der Waals surface area contributed by atoms with Gasteiger partial charge in [-0.2, -0.15) is 0 Å². The lowest BCUT2D eigenvalue weighted by Crippen LogP contribution is -2.47. The van der Waals surface area contributed by atoms with E-state index in [9.17, 15) is 14.4 Å². The first-order valence-electron chi connectivity index (χ1n) is 5.59. The molecule has 1 unspecified atom stereocenters. The Morgan fingerprint density at radius 1 is 1.37 bits per heavy atom. The Labute approximate surface area is 113 Å². The number of benzene rings is 1. The lowest BCUT2D eigenvalue weighted by Gasteiger charge is -2.23. The molecule has 0 bridgehead atoms. The summed E-state index contributed by atoms with van der Waals surface area (Å²) in [5.41, 5.74) is 0.501. The quantitative estimate of drug-likeness (QED) is 0.856. The van der Waals surface area contributed by atoms with Gasteiger partial charge < -0.3 is 10.4 Å². The molecule has 7 heteroatoms. The van der Waals surface area contributed by atoms with Crippen molar-refractivity contribution in [3.8, 4) is 0 Å². The van der Waals surface area contributed by atoms with Gasteiger partial charge in [-0.15, -0.1) is 0 Å². The van der Waals surface area contributed by atoms with Crippen LogP contribution in [0.5, 0.6) is 0 Å².